The van der Waals surface area contributed by atoms with Gasteiger partial charge in [-0.2, -0.15) is 8.42 Å². The van der Waals surface area contributed by atoms with Crippen LogP contribution in [0, 0.1) is 5.92 Å². The average Bonchev–Trinajstić information content (AvgIpc) is 2.90. The summed E-state index contributed by atoms with van der Waals surface area (Å²) in [6.45, 7) is 3.68. The molecule has 0 radical (unpaired) electrons. The minimum absolute atomic E-state index is 0.0215. The number of ether oxygens (including phenoxy) is 1. The monoisotopic (exact) mass is 298 g/mol. The zero-order chi connectivity index (χ0) is 14.8. The molecule has 0 spiro atoms. The van der Waals surface area contributed by atoms with Crippen molar-refractivity contribution in [2.45, 2.75) is 26.7 Å². The van der Waals surface area contributed by atoms with E-state index in [1.54, 1.807) is 19.9 Å². The van der Waals surface area contributed by atoms with Crippen LogP contribution >= 0.6 is 0 Å². The highest BCUT2D eigenvalue weighted by Crippen LogP contribution is 2.27. The summed E-state index contributed by atoms with van der Waals surface area (Å²) >= 11 is 0. The van der Waals surface area contributed by atoms with Crippen molar-refractivity contribution in [1.82, 2.24) is 4.31 Å². The van der Waals surface area contributed by atoms with Gasteiger partial charge in [0.1, 0.15) is 5.70 Å². The van der Waals surface area contributed by atoms with Crippen LogP contribution in [-0.2, 0) is 19.7 Å². The fourth-order valence-electron chi connectivity index (χ4n) is 2.30. The fraction of sp³-hybridized carbons (Fsp3) is 0.538. The van der Waals surface area contributed by atoms with E-state index < -0.39 is 16.2 Å². The highest BCUT2D eigenvalue weighted by Gasteiger charge is 2.34. The Bertz CT molecular complexity index is 581. The summed E-state index contributed by atoms with van der Waals surface area (Å²) < 4.78 is 34.1. The van der Waals surface area contributed by atoms with Gasteiger partial charge >= 0.3 is 16.2 Å². The molecule has 0 saturated carbocycles. The van der Waals surface area contributed by atoms with Crippen molar-refractivity contribution < 1.29 is 17.9 Å². The molecule has 1 aliphatic heterocycles. The van der Waals surface area contributed by atoms with E-state index in [4.69, 9.17) is 4.74 Å². The number of hydrogen-bond donors (Lipinski definition) is 0. The second-order valence-corrected chi connectivity index (χ2v) is 6.07. The van der Waals surface area contributed by atoms with Gasteiger partial charge in [-0.1, -0.05) is 12.2 Å². The van der Waals surface area contributed by atoms with Gasteiger partial charge in [-0.05, 0) is 32.8 Å². The Kier molecular flexibility index (Phi) is 4.27. The van der Waals surface area contributed by atoms with E-state index in [0.717, 1.165) is 17.1 Å². The van der Waals surface area contributed by atoms with Crippen LogP contribution in [0.5, 0.6) is 0 Å². The van der Waals surface area contributed by atoms with Crippen molar-refractivity contribution in [3.8, 4) is 0 Å². The first-order valence-corrected chi connectivity index (χ1v) is 8.05. The minimum Gasteiger partial charge on any atom is -0.461 e. The molecule has 2 aliphatic rings. The lowest BCUT2D eigenvalue weighted by Crippen LogP contribution is -2.37. The lowest BCUT2D eigenvalue weighted by molar-refractivity contribution is -0.139. The van der Waals surface area contributed by atoms with Crippen molar-refractivity contribution >= 4 is 21.9 Å². The molecule has 0 unspecified atom stereocenters. The highest BCUT2D eigenvalue weighted by molar-refractivity contribution is 7.88. The number of hydrogen-bond acceptors (Lipinski definition) is 4. The maximum absolute atomic E-state index is 12.2. The lowest BCUT2D eigenvalue weighted by Gasteiger charge is -2.26. The maximum Gasteiger partial charge on any atom is 0.355 e. The zero-order valence-corrected chi connectivity index (χ0v) is 12.4. The Morgan fingerprint density at radius 1 is 1.40 bits per heavy atom. The van der Waals surface area contributed by atoms with Crippen molar-refractivity contribution in [2.75, 3.05) is 13.2 Å². The molecule has 0 saturated heterocycles. The second-order valence-electron chi connectivity index (χ2n) is 4.55. The molecule has 0 amide bonds. The Labute approximate surface area is 119 Å². The van der Waals surface area contributed by atoms with Crippen molar-refractivity contribution in [3.63, 3.8) is 0 Å². The van der Waals surface area contributed by atoms with Crippen LogP contribution < -0.4 is 0 Å². The molecule has 6 nitrogen and oxygen atoms in total. The summed E-state index contributed by atoms with van der Waals surface area (Å²) in [6, 6.07) is 0. The molecule has 110 valence electrons. The number of carbonyl (C=O) groups is 1. The first-order chi connectivity index (χ1) is 9.49. The molecule has 1 heterocycles. The molecule has 0 atom stereocenters. The standard InChI is InChI=1S/C13H18N2O4S/c1-3-15-12(13(16)19-4-2)9-11(14-20(15,17)18)10-7-5-6-8-10/h5-6,9-10H,3-4,7-8H2,1-2H3. The molecule has 0 fully saturated rings. The number of nitrogens with zero attached hydrogens (tertiary/aromatic N) is 2. The fourth-order valence-corrected chi connectivity index (χ4v) is 3.56. The van der Waals surface area contributed by atoms with Gasteiger partial charge in [-0.15, -0.1) is 4.40 Å². The lowest BCUT2D eigenvalue weighted by atomic mass is 10.00. The summed E-state index contributed by atoms with van der Waals surface area (Å²) in [5.41, 5.74) is 0.481. The molecule has 20 heavy (non-hydrogen) atoms. The number of likely N-dealkylation sites (N-methyl/N-ethyl adjacent to an activating group) is 1. The summed E-state index contributed by atoms with van der Waals surface area (Å²) in [4.78, 5) is 11.9. The molecule has 0 aromatic carbocycles. The number of rotatable bonds is 4. The van der Waals surface area contributed by atoms with Crippen LogP contribution in [0.25, 0.3) is 0 Å². The van der Waals surface area contributed by atoms with Crippen molar-refractivity contribution in [1.29, 1.82) is 0 Å². The van der Waals surface area contributed by atoms with E-state index >= 15 is 0 Å². The van der Waals surface area contributed by atoms with Gasteiger partial charge in [0.05, 0.1) is 12.3 Å². The largest absolute Gasteiger partial charge is 0.461 e. The molecule has 0 aromatic rings. The molecular formula is C13H18N2O4S. The third kappa shape index (κ3) is 2.77. The van der Waals surface area contributed by atoms with E-state index in [2.05, 4.69) is 4.40 Å². The van der Waals surface area contributed by atoms with Gasteiger partial charge in [0.2, 0.25) is 0 Å². The first-order valence-electron chi connectivity index (χ1n) is 6.66. The summed E-state index contributed by atoms with van der Waals surface area (Å²) in [7, 11) is -3.85. The Morgan fingerprint density at radius 3 is 2.60 bits per heavy atom. The quantitative estimate of drug-likeness (QED) is 0.581. The smallest absolute Gasteiger partial charge is 0.355 e. The van der Waals surface area contributed by atoms with E-state index in [1.807, 2.05) is 12.2 Å². The molecule has 1 aliphatic carbocycles. The van der Waals surface area contributed by atoms with Gasteiger partial charge in [0.25, 0.3) is 0 Å². The summed E-state index contributed by atoms with van der Waals surface area (Å²) in [5, 5.41) is 0. The van der Waals surface area contributed by atoms with Crippen molar-refractivity contribution in [3.05, 3.63) is 23.9 Å². The second kappa shape index (κ2) is 5.78. The Morgan fingerprint density at radius 2 is 2.05 bits per heavy atom. The van der Waals surface area contributed by atoms with Gasteiger partial charge in [0, 0.05) is 12.5 Å². The van der Waals surface area contributed by atoms with Gasteiger partial charge in [-0.3, -0.25) is 0 Å². The van der Waals surface area contributed by atoms with Crippen LogP contribution in [0.2, 0.25) is 0 Å². The molecular weight excluding hydrogens is 280 g/mol. The number of carbonyl (C=O) groups excluding carboxylic acids is 1. The van der Waals surface area contributed by atoms with E-state index in [9.17, 15) is 13.2 Å². The van der Waals surface area contributed by atoms with Gasteiger partial charge in [-0.25, -0.2) is 9.10 Å². The minimum atomic E-state index is -3.85. The highest BCUT2D eigenvalue weighted by atomic mass is 32.2. The Balaban J connectivity index is 2.39. The zero-order valence-electron chi connectivity index (χ0n) is 11.6. The third-order valence-corrected chi connectivity index (χ3v) is 4.70. The third-order valence-electron chi connectivity index (χ3n) is 3.25. The van der Waals surface area contributed by atoms with Crippen molar-refractivity contribution in [2.24, 2.45) is 10.3 Å². The predicted octanol–water partition coefficient (Wildman–Crippen LogP) is 1.42. The van der Waals surface area contributed by atoms with E-state index in [-0.39, 0.29) is 24.8 Å². The molecule has 0 bridgehead atoms. The van der Waals surface area contributed by atoms with Crippen LogP contribution in [-0.4, -0.2) is 37.6 Å². The summed E-state index contributed by atoms with van der Waals surface area (Å²) in [5.74, 6) is -0.607. The normalized spacial score (nSPS) is 21.6. The molecule has 0 aromatic heterocycles. The van der Waals surface area contributed by atoms with Crippen LogP contribution in [0.4, 0.5) is 0 Å². The average molecular weight is 298 g/mol. The van der Waals surface area contributed by atoms with Gasteiger partial charge in [0.15, 0.2) is 0 Å². The SMILES string of the molecule is CCOC(=O)C1=CC(C2CC=CC2)=NS(=O)(=O)N1CC. The number of allylic oxidation sites excluding steroid dienone is 3. The number of esters is 1. The summed E-state index contributed by atoms with van der Waals surface area (Å²) in [6.07, 6.45) is 7.01. The first kappa shape index (κ1) is 14.8. The molecule has 7 heteroatoms. The van der Waals surface area contributed by atoms with Crippen LogP contribution in [0.3, 0.4) is 0 Å². The molecule has 0 N–H and O–H groups in total. The van der Waals surface area contributed by atoms with E-state index in [1.165, 1.54) is 0 Å². The predicted molar refractivity (Wildman–Crippen MR) is 75.3 cm³/mol. The van der Waals surface area contributed by atoms with Gasteiger partial charge < -0.3 is 4.74 Å². The van der Waals surface area contributed by atoms with E-state index in [0.29, 0.717) is 5.71 Å². The van der Waals surface area contributed by atoms with Crippen LogP contribution in [0.15, 0.2) is 28.3 Å². The maximum atomic E-state index is 12.2. The van der Waals surface area contributed by atoms with Crippen LogP contribution in [0.1, 0.15) is 26.7 Å². The molecule has 2 rings (SSSR count). The topological polar surface area (TPSA) is 76.0 Å². The Hall–Kier alpha value is -1.63.